The maximum atomic E-state index is 15.4. The van der Waals surface area contributed by atoms with Crippen LogP contribution in [0.25, 0.3) is 0 Å². The van der Waals surface area contributed by atoms with E-state index in [2.05, 4.69) is 10.1 Å². The predicted octanol–water partition coefficient (Wildman–Crippen LogP) is 5.67. The minimum absolute atomic E-state index is 0.00933. The van der Waals surface area contributed by atoms with Gasteiger partial charge in [-0.15, -0.1) is 13.2 Å². The van der Waals surface area contributed by atoms with E-state index in [0.717, 1.165) is 37.6 Å². The van der Waals surface area contributed by atoms with Crippen LogP contribution in [0.3, 0.4) is 0 Å². The van der Waals surface area contributed by atoms with E-state index in [1.165, 1.54) is 36.5 Å². The lowest BCUT2D eigenvalue weighted by molar-refractivity contribution is -0.604. The van der Waals surface area contributed by atoms with Crippen molar-refractivity contribution >= 4 is 11.6 Å². The summed E-state index contributed by atoms with van der Waals surface area (Å²) >= 11 is 0. The molecule has 1 aliphatic carbocycles. The van der Waals surface area contributed by atoms with Gasteiger partial charge < -0.3 is 20.0 Å². The van der Waals surface area contributed by atoms with Crippen molar-refractivity contribution in [2.75, 3.05) is 5.32 Å². The molecule has 0 spiro atoms. The molecule has 1 aliphatic rings. The van der Waals surface area contributed by atoms with E-state index < -0.39 is 23.8 Å². The summed E-state index contributed by atoms with van der Waals surface area (Å²) in [5, 5.41) is 14.0. The number of rotatable bonds is 6. The van der Waals surface area contributed by atoms with Crippen LogP contribution in [0.2, 0.25) is 0 Å². The Morgan fingerprint density at radius 1 is 1.06 bits per heavy atom. The third-order valence-electron chi connectivity index (χ3n) is 5.22. The van der Waals surface area contributed by atoms with E-state index in [0.29, 0.717) is 10.3 Å². The highest BCUT2D eigenvalue weighted by molar-refractivity contribution is 6.06. The minimum atomic E-state index is -4.84. The summed E-state index contributed by atoms with van der Waals surface area (Å²) in [5.74, 6) is -2.07. The normalized spacial score (nSPS) is 13.8. The van der Waals surface area contributed by atoms with E-state index in [1.807, 2.05) is 0 Å². The van der Waals surface area contributed by atoms with Crippen molar-refractivity contribution in [3.8, 4) is 17.2 Å². The van der Waals surface area contributed by atoms with Crippen molar-refractivity contribution in [3.05, 3.63) is 83.1 Å². The largest absolute Gasteiger partial charge is 0.619 e. The van der Waals surface area contributed by atoms with Gasteiger partial charge in [0.1, 0.15) is 34.3 Å². The van der Waals surface area contributed by atoms with Crippen molar-refractivity contribution < 1.29 is 36.6 Å². The van der Waals surface area contributed by atoms with Gasteiger partial charge >= 0.3 is 6.36 Å². The summed E-state index contributed by atoms with van der Waals surface area (Å²) in [7, 11) is 0. The summed E-state index contributed by atoms with van der Waals surface area (Å²) in [4.78, 5) is 13.0. The number of carbonyl (C=O) groups excluding carboxylic acids is 1. The summed E-state index contributed by atoms with van der Waals surface area (Å²) < 4.78 is 62.4. The molecule has 2 aromatic carbocycles. The van der Waals surface area contributed by atoms with Gasteiger partial charge in [-0.05, 0) is 60.7 Å². The number of anilines is 1. The molecule has 172 valence electrons. The number of nitrogens with one attached hydrogen (secondary N) is 1. The van der Waals surface area contributed by atoms with Crippen molar-refractivity contribution in [1.82, 2.24) is 0 Å². The predicted molar refractivity (Wildman–Crippen MR) is 110 cm³/mol. The molecule has 1 N–H and O–H groups in total. The number of alkyl halides is 3. The number of hydrogen-bond donors (Lipinski definition) is 1. The first-order valence-electron chi connectivity index (χ1n) is 10.1. The second-order valence-corrected chi connectivity index (χ2v) is 7.50. The zero-order valence-electron chi connectivity index (χ0n) is 17.1. The number of amides is 1. The fraction of sp³-hybridized carbons (Fsp3) is 0.217. The molecule has 1 amide bonds. The molecular formula is C23H18F4N2O4. The molecule has 10 heteroatoms. The Kier molecular flexibility index (Phi) is 6.08. The first-order chi connectivity index (χ1) is 15.7. The first kappa shape index (κ1) is 22.4. The van der Waals surface area contributed by atoms with Gasteiger partial charge in [0.2, 0.25) is 6.20 Å². The molecule has 0 aliphatic heterocycles. The third-order valence-corrected chi connectivity index (χ3v) is 5.22. The quantitative estimate of drug-likeness (QED) is 0.291. The zero-order valence-corrected chi connectivity index (χ0v) is 17.1. The number of benzene rings is 2. The van der Waals surface area contributed by atoms with Crippen LogP contribution < -0.4 is 19.5 Å². The SMILES string of the molecule is O=C(Nc1ccc[n+]([O-])c1)c1c(Oc2ccc(OC(F)(F)F)cc2)ccc(C2CCC2)c1F. The maximum absolute atomic E-state index is 15.4. The van der Waals surface area contributed by atoms with Gasteiger partial charge in [0.05, 0.1) is 0 Å². The third kappa shape index (κ3) is 5.33. The molecule has 0 saturated heterocycles. The van der Waals surface area contributed by atoms with Gasteiger partial charge in [-0.2, -0.15) is 4.73 Å². The lowest BCUT2D eigenvalue weighted by Gasteiger charge is -2.27. The van der Waals surface area contributed by atoms with Crippen LogP contribution in [0.5, 0.6) is 17.2 Å². The Morgan fingerprint density at radius 3 is 2.36 bits per heavy atom. The van der Waals surface area contributed by atoms with E-state index in [-0.39, 0.29) is 28.7 Å². The van der Waals surface area contributed by atoms with E-state index in [9.17, 15) is 23.2 Å². The molecule has 6 nitrogen and oxygen atoms in total. The molecule has 3 aromatic rings. The van der Waals surface area contributed by atoms with Crippen LogP contribution in [0, 0.1) is 11.0 Å². The van der Waals surface area contributed by atoms with Gasteiger partial charge in [-0.25, -0.2) is 4.39 Å². The molecule has 4 rings (SSSR count). The Hall–Kier alpha value is -3.82. The summed E-state index contributed by atoms with van der Waals surface area (Å²) in [6.07, 6.45) is 0.0681. The smallest absolute Gasteiger partial charge is 0.573 e. The van der Waals surface area contributed by atoms with Crippen LogP contribution >= 0.6 is 0 Å². The molecule has 0 radical (unpaired) electrons. The Morgan fingerprint density at radius 2 is 1.76 bits per heavy atom. The zero-order chi connectivity index (χ0) is 23.6. The van der Waals surface area contributed by atoms with Gasteiger partial charge in [0.25, 0.3) is 5.91 Å². The lowest BCUT2D eigenvalue weighted by atomic mass is 9.79. The Bertz CT molecular complexity index is 1160. The molecule has 1 saturated carbocycles. The number of aromatic nitrogens is 1. The number of carbonyl (C=O) groups is 1. The Labute approximate surface area is 186 Å². The average molecular weight is 462 g/mol. The number of hydrogen-bond acceptors (Lipinski definition) is 4. The molecule has 1 aromatic heterocycles. The highest BCUT2D eigenvalue weighted by Gasteiger charge is 2.31. The first-order valence-corrected chi connectivity index (χ1v) is 10.1. The van der Waals surface area contributed by atoms with Crippen molar-refractivity contribution in [2.24, 2.45) is 0 Å². The van der Waals surface area contributed by atoms with Crippen LogP contribution in [-0.4, -0.2) is 12.3 Å². The van der Waals surface area contributed by atoms with Crippen molar-refractivity contribution in [2.45, 2.75) is 31.5 Å². The van der Waals surface area contributed by atoms with E-state index in [4.69, 9.17) is 4.74 Å². The summed E-state index contributed by atoms with van der Waals surface area (Å²) in [5.41, 5.74) is 0.182. The van der Waals surface area contributed by atoms with Crippen LogP contribution in [0.4, 0.5) is 23.2 Å². The van der Waals surface area contributed by atoms with E-state index >= 15 is 4.39 Å². The lowest BCUT2D eigenvalue weighted by Crippen LogP contribution is -2.26. The molecule has 33 heavy (non-hydrogen) atoms. The minimum Gasteiger partial charge on any atom is -0.619 e. The van der Waals surface area contributed by atoms with E-state index in [1.54, 1.807) is 6.07 Å². The molecular weight excluding hydrogens is 444 g/mol. The molecule has 1 heterocycles. The summed E-state index contributed by atoms with van der Waals surface area (Å²) in [6, 6.07) is 10.4. The summed E-state index contributed by atoms with van der Waals surface area (Å²) in [6.45, 7) is 0. The molecule has 1 fully saturated rings. The number of ether oxygens (including phenoxy) is 2. The molecule has 0 atom stereocenters. The standard InChI is InChI=1S/C23H18F4N2O4/c24-21-18(14-3-1-4-14)10-11-19(20(21)22(30)28-15-5-2-12-29(31)13-15)32-16-6-8-17(9-7-16)33-23(25,26)27/h2,5-14H,1,3-4H2,(H,28,30). The van der Waals surface area contributed by atoms with Gasteiger partial charge in [0, 0.05) is 6.07 Å². The fourth-order valence-corrected chi connectivity index (χ4v) is 3.46. The highest BCUT2D eigenvalue weighted by atomic mass is 19.4. The van der Waals surface area contributed by atoms with Crippen LogP contribution in [0.15, 0.2) is 60.9 Å². The Balaban J connectivity index is 1.64. The van der Waals surface area contributed by atoms with Crippen LogP contribution in [0.1, 0.15) is 41.1 Å². The van der Waals surface area contributed by atoms with Gasteiger partial charge in [0.15, 0.2) is 6.20 Å². The molecule has 0 bridgehead atoms. The number of nitrogens with zero attached hydrogens (tertiary/aromatic N) is 1. The van der Waals surface area contributed by atoms with Crippen molar-refractivity contribution in [3.63, 3.8) is 0 Å². The van der Waals surface area contributed by atoms with Gasteiger partial charge in [-0.3, -0.25) is 4.79 Å². The van der Waals surface area contributed by atoms with Crippen molar-refractivity contribution in [1.29, 1.82) is 0 Å². The second-order valence-electron chi connectivity index (χ2n) is 7.50. The average Bonchev–Trinajstić information content (AvgIpc) is 2.69. The topological polar surface area (TPSA) is 74.5 Å². The number of halogens is 4. The monoisotopic (exact) mass is 462 g/mol. The molecule has 0 unspecified atom stereocenters. The van der Waals surface area contributed by atoms with Gasteiger partial charge in [-0.1, -0.05) is 12.5 Å². The highest BCUT2D eigenvalue weighted by Crippen LogP contribution is 2.41. The maximum Gasteiger partial charge on any atom is 0.573 e. The van der Waals surface area contributed by atoms with Crippen LogP contribution in [-0.2, 0) is 0 Å². The second kappa shape index (κ2) is 8.97. The fourth-order valence-electron chi connectivity index (χ4n) is 3.46. The number of pyridine rings is 1.